The highest BCUT2D eigenvalue weighted by Crippen LogP contribution is 2.30. The maximum absolute atomic E-state index is 10.6. The van der Waals surface area contributed by atoms with E-state index >= 15 is 0 Å². The predicted molar refractivity (Wildman–Crippen MR) is 86.4 cm³/mol. The third kappa shape index (κ3) is 4.55. The molecule has 2 rings (SSSR count). The Balaban J connectivity index is 2.27. The van der Waals surface area contributed by atoms with E-state index < -0.39 is 5.97 Å². The van der Waals surface area contributed by atoms with Gasteiger partial charge in [0.2, 0.25) is 0 Å². The number of thioether (sulfide) groups is 1. The summed E-state index contributed by atoms with van der Waals surface area (Å²) in [6, 6.07) is 12.7. The van der Waals surface area contributed by atoms with Crippen LogP contribution in [0.3, 0.4) is 0 Å². The van der Waals surface area contributed by atoms with Gasteiger partial charge in [-0.1, -0.05) is 11.6 Å². The monoisotopic (exact) mass is 320 g/mol. The Labute approximate surface area is 132 Å². The van der Waals surface area contributed by atoms with Crippen molar-refractivity contribution >= 4 is 35.4 Å². The predicted octanol–water partition coefficient (Wildman–Crippen LogP) is 4.95. The molecule has 21 heavy (non-hydrogen) atoms. The molecular weight excluding hydrogens is 308 g/mol. The van der Waals surface area contributed by atoms with E-state index in [1.165, 1.54) is 6.08 Å². The van der Waals surface area contributed by atoms with Crippen LogP contribution in [-0.4, -0.2) is 17.3 Å². The number of carbonyl (C=O) groups is 1. The Morgan fingerprint density at radius 1 is 1.24 bits per heavy atom. The molecule has 0 saturated carbocycles. The van der Waals surface area contributed by atoms with Crippen molar-refractivity contribution in [2.75, 3.05) is 6.26 Å². The van der Waals surface area contributed by atoms with Crippen LogP contribution < -0.4 is 4.74 Å². The number of hydrogen-bond donors (Lipinski definition) is 1. The molecule has 0 fully saturated rings. The molecule has 0 atom stereocenters. The van der Waals surface area contributed by atoms with Crippen molar-refractivity contribution in [3.63, 3.8) is 0 Å². The van der Waals surface area contributed by atoms with Gasteiger partial charge in [-0.2, -0.15) is 0 Å². The Morgan fingerprint density at radius 2 is 1.95 bits per heavy atom. The van der Waals surface area contributed by atoms with Gasteiger partial charge in [0.1, 0.15) is 11.5 Å². The Kier molecular flexibility index (Phi) is 5.31. The van der Waals surface area contributed by atoms with E-state index in [0.717, 1.165) is 11.0 Å². The quantitative estimate of drug-likeness (QED) is 0.625. The lowest BCUT2D eigenvalue weighted by atomic mass is 10.2. The SMILES string of the molecule is CSc1ccc(Oc2ccc(Cl)cc2/C=C/C(=O)O)cc1. The second-order valence-electron chi connectivity index (χ2n) is 4.13. The second kappa shape index (κ2) is 7.20. The zero-order valence-corrected chi connectivity index (χ0v) is 12.8. The van der Waals surface area contributed by atoms with Gasteiger partial charge >= 0.3 is 5.97 Å². The number of carboxylic acid groups (broad SMARTS) is 1. The molecule has 2 aromatic carbocycles. The summed E-state index contributed by atoms with van der Waals surface area (Å²) in [6.07, 6.45) is 4.51. The minimum atomic E-state index is -1.02. The first kappa shape index (κ1) is 15.5. The van der Waals surface area contributed by atoms with Crippen LogP contribution >= 0.6 is 23.4 Å². The average molecular weight is 321 g/mol. The molecule has 0 aliphatic carbocycles. The van der Waals surface area contributed by atoms with Gasteiger partial charge in [0, 0.05) is 21.6 Å². The molecule has 3 nitrogen and oxygen atoms in total. The van der Waals surface area contributed by atoms with Crippen LogP contribution in [0.4, 0.5) is 0 Å². The largest absolute Gasteiger partial charge is 0.478 e. The number of ether oxygens (including phenoxy) is 1. The Hall–Kier alpha value is -1.91. The highest BCUT2D eigenvalue weighted by atomic mass is 35.5. The molecule has 0 radical (unpaired) electrons. The molecule has 0 aliphatic heterocycles. The number of hydrogen-bond acceptors (Lipinski definition) is 3. The zero-order valence-electron chi connectivity index (χ0n) is 11.2. The van der Waals surface area contributed by atoms with Crippen molar-refractivity contribution in [3.8, 4) is 11.5 Å². The fourth-order valence-electron chi connectivity index (χ4n) is 1.67. The van der Waals surface area contributed by atoms with Gasteiger partial charge in [-0.05, 0) is 54.8 Å². The van der Waals surface area contributed by atoms with E-state index in [9.17, 15) is 4.79 Å². The summed E-state index contributed by atoms with van der Waals surface area (Å²) in [4.78, 5) is 11.8. The molecular formula is C16H13ClO3S. The molecule has 0 unspecified atom stereocenters. The topological polar surface area (TPSA) is 46.5 Å². The summed E-state index contributed by atoms with van der Waals surface area (Å²) >= 11 is 7.59. The van der Waals surface area contributed by atoms with Crippen LogP contribution in [-0.2, 0) is 4.79 Å². The van der Waals surface area contributed by atoms with Gasteiger partial charge in [0.25, 0.3) is 0 Å². The van der Waals surface area contributed by atoms with Gasteiger partial charge in [0.05, 0.1) is 0 Å². The standard InChI is InChI=1S/C16H13ClO3S/c1-21-14-6-4-13(5-7-14)20-15-8-3-12(17)10-11(15)2-9-16(18)19/h2-10H,1H3,(H,18,19)/b9-2+. The lowest BCUT2D eigenvalue weighted by Crippen LogP contribution is -1.90. The van der Waals surface area contributed by atoms with Crippen molar-refractivity contribution in [2.45, 2.75) is 4.90 Å². The zero-order chi connectivity index (χ0) is 15.2. The Morgan fingerprint density at radius 3 is 2.57 bits per heavy atom. The molecule has 0 spiro atoms. The maximum Gasteiger partial charge on any atom is 0.328 e. The lowest BCUT2D eigenvalue weighted by molar-refractivity contribution is -0.131. The van der Waals surface area contributed by atoms with Crippen LogP contribution in [0.15, 0.2) is 53.4 Å². The van der Waals surface area contributed by atoms with Crippen LogP contribution in [0, 0.1) is 0 Å². The second-order valence-corrected chi connectivity index (χ2v) is 5.45. The molecule has 0 heterocycles. The van der Waals surface area contributed by atoms with E-state index in [-0.39, 0.29) is 0 Å². The summed E-state index contributed by atoms with van der Waals surface area (Å²) in [6.45, 7) is 0. The van der Waals surface area contributed by atoms with Crippen LogP contribution in [0.25, 0.3) is 6.08 Å². The van der Waals surface area contributed by atoms with Crippen LogP contribution in [0.2, 0.25) is 5.02 Å². The van der Waals surface area contributed by atoms with Crippen molar-refractivity contribution in [3.05, 3.63) is 59.1 Å². The van der Waals surface area contributed by atoms with Gasteiger partial charge in [-0.25, -0.2) is 4.79 Å². The van der Waals surface area contributed by atoms with Crippen molar-refractivity contribution in [1.29, 1.82) is 0 Å². The third-order valence-corrected chi connectivity index (χ3v) is 3.64. The number of aliphatic carboxylic acids is 1. The summed E-state index contributed by atoms with van der Waals surface area (Å²) in [5, 5.41) is 9.24. The number of carboxylic acids is 1. The lowest BCUT2D eigenvalue weighted by Gasteiger charge is -2.09. The highest BCUT2D eigenvalue weighted by Gasteiger charge is 2.05. The van der Waals surface area contributed by atoms with Gasteiger partial charge < -0.3 is 9.84 Å². The van der Waals surface area contributed by atoms with Gasteiger partial charge in [0.15, 0.2) is 0 Å². The molecule has 2 aromatic rings. The number of benzene rings is 2. The molecule has 0 bridgehead atoms. The number of rotatable bonds is 5. The first-order chi connectivity index (χ1) is 10.1. The van der Waals surface area contributed by atoms with Gasteiger partial charge in [-0.15, -0.1) is 11.8 Å². The van der Waals surface area contributed by atoms with E-state index in [4.69, 9.17) is 21.4 Å². The van der Waals surface area contributed by atoms with Crippen LogP contribution in [0.1, 0.15) is 5.56 Å². The van der Waals surface area contributed by atoms with Gasteiger partial charge in [-0.3, -0.25) is 0 Å². The summed E-state index contributed by atoms with van der Waals surface area (Å²) in [7, 11) is 0. The third-order valence-electron chi connectivity index (χ3n) is 2.66. The fraction of sp³-hybridized carbons (Fsp3) is 0.0625. The first-order valence-electron chi connectivity index (χ1n) is 6.11. The molecule has 1 N–H and O–H groups in total. The normalized spacial score (nSPS) is 10.8. The minimum Gasteiger partial charge on any atom is -0.478 e. The molecule has 108 valence electrons. The minimum absolute atomic E-state index is 0.519. The fourth-order valence-corrected chi connectivity index (χ4v) is 2.26. The van der Waals surface area contributed by atoms with Crippen molar-refractivity contribution in [2.24, 2.45) is 0 Å². The van der Waals surface area contributed by atoms with E-state index in [2.05, 4.69) is 0 Å². The number of halogens is 1. The molecule has 0 saturated heterocycles. The highest BCUT2D eigenvalue weighted by molar-refractivity contribution is 7.98. The average Bonchev–Trinajstić information content (AvgIpc) is 2.48. The molecule has 0 aliphatic rings. The van der Waals surface area contributed by atoms with E-state index in [0.29, 0.717) is 22.1 Å². The summed E-state index contributed by atoms with van der Waals surface area (Å²) in [5.41, 5.74) is 0.610. The molecule has 5 heteroatoms. The first-order valence-corrected chi connectivity index (χ1v) is 7.71. The Bertz CT molecular complexity index is 666. The van der Waals surface area contributed by atoms with Crippen molar-refractivity contribution in [1.82, 2.24) is 0 Å². The summed E-state index contributed by atoms with van der Waals surface area (Å²) in [5.74, 6) is 0.208. The smallest absolute Gasteiger partial charge is 0.328 e. The van der Waals surface area contributed by atoms with Crippen LogP contribution in [0.5, 0.6) is 11.5 Å². The summed E-state index contributed by atoms with van der Waals surface area (Å²) < 4.78 is 5.78. The van der Waals surface area contributed by atoms with Crippen molar-refractivity contribution < 1.29 is 14.6 Å². The maximum atomic E-state index is 10.6. The molecule has 0 aromatic heterocycles. The molecule has 0 amide bonds. The van der Waals surface area contributed by atoms with E-state index in [1.807, 2.05) is 30.5 Å². The van der Waals surface area contributed by atoms with E-state index in [1.54, 1.807) is 30.0 Å².